The normalized spacial score (nSPS) is 11.3. The number of carbonyl (C=O) groups is 1. The van der Waals surface area contributed by atoms with E-state index in [0.29, 0.717) is 10.9 Å². The van der Waals surface area contributed by atoms with E-state index in [4.69, 9.17) is 15.8 Å². The molecule has 0 saturated carbocycles. The summed E-state index contributed by atoms with van der Waals surface area (Å²) in [4.78, 5) is 18.8. The van der Waals surface area contributed by atoms with Crippen LogP contribution in [0.25, 0.3) is 0 Å². The number of halogens is 1. The molecule has 0 saturated heterocycles. The molecule has 0 unspecified atom stereocenters. The number of aromatic nitrogens is 2. The largest absolute Gasteiger partial charge is 0.480 e. The molecule has 1 aromatic rings. The number of nitro groups is 1. The minimum Gasteiger partial charge on any atom is -0.480 e. The number of carboxylic acids is 1. The summed E-state index contributed by atoms with van der Waals surface area (Å²) in [6.45, 7) is -0.701. The van der Waals surface area contributed by atoms with Gasteiger partial charge in [-0.15, -0.1) is 0 Å². The monoisotopic (exact) mass is 269 g/mol. The molecule has 11 heteroatoms. The molecular weight excluding hydrogens is 266 g/mol. The maximum absolute atomic E-state index is 10.9. The molecule has 0 aliphatic heterocycles. The highest BCUT2D eigenvalue weighted by molar-refractivity contribution is 8.13. The Morgan fingerprint density at radius 1 is 1.69 bits per heavy atom. The molecule has 1 heterocycles. The van der Waals surface area contributed by atoms with E-state index >= 15 is 0 Å². The maximum Gasteiger partial charge on any atom is 0.410 e. The summed E-state index contributed by atoms with van der Waals surface area (Å²) in [6, 6.07) is 0. The molecule has 1 N–H and O–H groups in total. The first-order valence-corrected chi connectivity index (χ1v) is 5.91. The van der Waals surface area contributed by atoms with Crippen molar-refractivity contribution in [3.63, 3.8) is 0 Å². The van der Waals surface area contributed by atoms with Gasteiger partial charge in [-0.25, -0.2) is 8.42 Å². The smallest absolute Gasteiger partial charge is 0.410 e. The van der Waals surface area contributed by atoms with Gasteiger partial charge in [0.25, 0.3) is 9.05 Å². The standard InChI is InChI=1S/C5H4ClN3O6S/c6-16(14,15)3-1-8(2-4(10)11)7-5(3)9(12)13/h1H,2H2,(H,10,11). The van der Waals surface area contributed by atoms with Crippen molar-refractivity contribution in [2.45, 2.75) is 11.4 Å². The lowest BCUT2D eigenvalue weighted by Gasteiger charge is -1.89. The third-order valence-electron chi connectivity index (χ3n) is 1.44. The molecule has 0 bridgehead atoms. The Morgan fingerprint density at radius 3 is 2.56 bits per heavy atom. The van der Waals surface area contributed by atoms with Crippen LogP contribution in [0.1, 0.15) is 0 Å². The molecule has 0 spiro atoms. The molecule has 1 rings (SSSR count). The summed E-state index contributed by atoms with van der Waals surface area (Å²) in [6.07, 6.45) is 0.689. The quantitative estimate of drug-likeness (QED) is 0.455. The molecule has 1 aromatic heterocycles. The highest BCUT2D eigenvalue weighted by Gasteiger charge is 2.30. The van der Waals surface area contributed by atoms with E-state index < -0.39 is 37.2 Å². The number of rotatable bonds is 4. The fourth-order valence-corrected chi connectivity index (χ4v) is 1.82. The van der Waals surface area contributed by atoms with Crippen LogP contribution < -0.4 is 0 Å². The second-order valence-electron chi connectivity index (χ2n) is 2.60. The summed E-state index contributed by atoms with van der Waals surface area (Å²) in [5.74, 6) is -2.33. The van der Waals surface area contributed by atoms with Gasteiger partial charge >= 0.3 is 11.8 Å². The van der Waals surface area contributed by atoms with E-state index in [1.807, 2.05) is 0 Å². The molecule has 0 aliphatic rings. The Kier molecular flexibility index (Phi) is 3.14. The van der Waals surface area contributed by atoms with E-state index in [1.54, 1.807) is 0 Å². The minimum atomic E-state index is -4.34. The molecule has 9 nitrogen and oxygen atoms in total. The maximum atomic E-state index is 10.9. The molecule has 0 radical (unpaired) electrons. The van der Waals surface area contributed by atoms with Gasteiger partial charge in [-0.1, -0.05) is 0 Å². The average Bonchev–Trinajstić information content (AvgIpc) is 2.45. The first kappa shape index (κ1) is 12.4. The number of nitrogens with zero attached hydrogens (tertiary/aromatic N) is 3. The van der Waals surface area contributed by atoms with Gasteiger partial charge in [0.15, 0.2) is 6.54 Å². The third-order valence-corrected chi connectivity index (χ3v) is 2.75. The average molecular weight is 270 g/mol. The van der Waals surface area contributed by atoms with Crippen LogP contribution in [0.5, 0.6) is 0 Å². The van der Waals surface area contributed by atoms with Crippen molar-refractivity contribution in [3.8, 4) is 0 Å². The molecule has 0 aliphatic carbocycles. The topological polar surface area (TPSA) is 132 Å². The lowest BCUT2D eigenvalue weighted by Crippen LogP contribution is -2.09. The van der Waals surface area contributed by atoms with Gasteiger partial charge in [-0.3, -0.25) is 4.79 Å². The van der Waals surface area contributed by atoms with Gasteiger partial charge in [-0.2, -0.15) is 4.68 Å². The van der Waals surface area contributed by atoms with Gasteiger partial charge in [-0.05, 0) is 4.92 Å². The number of hydrogen-bond donors (Lipinski definition) is 1. The Balaban J connectivity index is 3.32. The summed E-state index contributed by atoms with van der Waals surface area (Å²) >= 11 is 0. The minimum absolute atomic E-state index is 0.607. The highest BCUT2D eigenvalue weighted by Crippen LogP contribution is 2.24. The Morgan fingerprint density at radius 2 is 2.25 bits per heavy atom. The zero-order valence-corrected chi connectivity index (χ0v) is 8.97. The van der Waals surface area contributed by atoms with Gasteiger partial charge in [0.2, 0.25) is 4.90 Å². The molecule has 0 amide bonds. The summed E-state index contributed by atoms with van der Waals surface area (Å²) < 4.78 is 22.4. The van der Waals surface area contributed by atoms with Gasteiger partial charge in [0.05, 0.1) is 11.3 Å². The Hall–Kier alpha value is -1.68. The van der Waals surface area contributed by atoms with Crippen molar-refractivity contribution in [2.75, 3.05) is 0 Å². The fourth-order valence-electron chi connectivity index (χ4n) is 0.911. The predicted molar refractivity (Wildman–Crippen MR) is 49.6 cm³/mol. The summed E-state index contributed by atoms with van der Waals surface area (Å²) in [5, 5.41) is 22.0. The van der Waals surface area contributed by atoms with Crippen molar-refractivity contribution >= 4 is 31.5 Å². The number of carboxylic acid groups (broad SMARTS) is 1. The Labute approximate surface area is 92.8 Å². The molecule has 16 heavy (non-hydrogen) atoms. The van der Waals surface area contributed by atoms with Crippen LogP contribution in [-0.2, 0) is 20.4 Å². The second-order valence-corrected chi connectivity index (χ2v) is 5.14. The zero-order valence-electron chi connectivity index (χ0n) is 7.40. The van der Waals surface area contributed by atoms with Crippen LogP contribution in [-0.4, -0.2) is 34.2 Å². The van der Waals surface area contributed by atoms with E-state index in [2.05, 4.69) is 5.10 Å². The van der Waals surface area contributed by atoms with E-state index in [0.717, 1.165) is 0 Å². The fraction of sp³-hybridized carbons (Fsp3) is 0.200. The summed E-state index contributed by atoms with van der Waals surface area (Å²) in [7, 11) is 0.586. The first-order chi connectivity index (χ1) is 7.21. The number of hydrogen-bond acceptors (Lipinski definition) is 6. The molecule has 0 aromatic carbocycles. The summed E-state index contributed by atoms with van der Waals surface area (Å²) in [5.41, 5.74) is 0. The molecular formula is C5H4ClN3O6S. The SMILES string of the molecule is O=C(O)Cn1cc(S(=O)(=O)Cl)c([N+](=O)[O-])n1. The highest BCUT2D eigenvalue weighted by atomic mass is 35.7. The van der Waals surface area contributed by atoms with Crippen LogP contribution in [0.15, 0.2) is 11.1 Å². The van der Waals surface area contributed by atoms with Crippen LogP contribution in [0.3, 0.4) is 0 Å². The van der Waals surface area contributed by atoms with Crippen molar-refractivity contribution in [2.24, 2.45) is 0 Å². The zero-order chi connectivity index (χ0) is 12.5. The van der Waals surface area contributed by atoms with Crippen molar-refractivity contribution in [1.29, 1.82) is 0 Å². The van der Waals surface area contributed by atoms with Crippen molar-refractivity contribution in [1.82, 2.24) is 9.78 Å². The van der Waals surface area contributed by atoms with Gasteiger partial charge in [0.1, 0.15) is 0 Å². The van der Waals surface area contributed by atoms with Crippen molar-refractivity contribution < 1.29 is 23.2 Å². The van der Waals surface area contributed by atoms with Gasteiger partial charge in [0, 0.05) is 10.7 Å². The molecule has 0 fully saturated rings. The molecule has 0 atom stereocenters. The van der Waals surface area contributed by atoms with E-state index in [1.165, 1.54) is 0 Å². The first-order valence-electron chi connectivity index (χ1n) is 3.60. The van der Waals surface area contributed by atoms with Crippen LogP contribution in [0.4, 0.5) is 5.82 Å². The van der Waals surface area contributed by atoms with E-state index in [-0.39, 0.29) is 0 Å². The lowest BCUT2D eigenvalue weighted by molar-refractivity contribution is -0.392. The van der Waals surface area contributed by atoms with Crippen LogP contribution >= 0.6 is 10.7 Å². The van der Waals surface area contributed by atoms with E-state index in [9.17, 15) is 23.3 Å². The second kappa shape index (κ2) is 4.06. The van der Waals surface area contributed by atoms with Crippen molar-refractivity contribution in [3.05, 3.63) is 16.3 Å². The third kappa shape index (κ3) is 2.67. The van der Waals surface area contributed by atoms with Crippen LogP contribution in [0, 0.1) is 10.1 Å². The Bertz CT molecular complexity index is 549. The molecule has 88 valence electrons. The lowest BCUT2D eigenvalue weighted by atomic mass is 10.6. The van der Waals surface area contributed by atoms with Crippen LogP contribution in [0.2, 0.25) is 0 Å². The predicted octanol–water partition coefficient (Wildman–Crippen LogP) is -0.197. The number of aliphatic carboxylic acids is 1. The van der Waals surface area contributed by atoms with Gasteiger partial charge < -0.3 is 15.2 Å².